The maximum Gasteiger partial charge on any atom is 0.305 e. The zero-order valence-electron chi connectivity index (χ0n) is 10.4. The molecule has 3 nitrogen and oxygen atoms in total. The fourth-order valence-electron chi connectivity index (χ4n) is 1.29. The van der Waals surface area contributed by atoms with E-state index in [2.05, 4.69) is 18.6 Å². The molecule has 0 saturated heterocycles. The molecule has 3 heteroatoms. The summed E-state index contributed by atoms with van der Waals surface area (Å²) < 4.78 is 9.73. The van der Waals surface area contributed by atoms with Gasteiger partial charge in [0.2, 0.25) is 0 Å². The lowest BCUT2D eigenvalue weighted by Crippen LogP contribution is -2.14. The molecule has 0 aromatic heterocycles. The summed E-state index contributed by atoms with van der Waals surface area (Å²) in [5, 5.41) is 0. The minimum Gasteiger partial charge on any atom is -0.502 e. The number of rotatable bonds is 6. The monoisotopic (exact) mass is 214 g/mol. The quantitative estimate of drug-likeness (QED) is 0.504. The van der Waals surface area contributed by atoms with Gasteiger partial charge in [0.25, 0.3) is 0 Å². The van der Waals surface area contributed by atoms with Crippen LogP contribution in [0.2, 0.25) is 0 Å². The number of carbonyl (C=O) groups excluding carboxylic acids is 1. The van der Waals surface area contributed by atoms with Crippen molar-refractivity contribution in [2.75, 3.05) is 14.2 Å². The highest BCUT2D eigenvalue weighted by Crippen LogP contribution is 2.21. The highest BCUT2D eigenvalue weighted by Gasteiger charge is 2.16. The number of hydrogen-bond donors (Lipinski definition) is 0. The highest BCUT2D eigenvalue weighted by molar-refractivity contribution is 5.69. The summed E-state index contributed by atoms with van der Waals surface area (Å²) >= 11 is 0. The van der Waals surface area contributed by atoms with Gasteiger partial charge in [-0.1, -0.05) is 13.8 Å². The van der Waals surface area contributed by atoms with Crippen molar-refractivity contribution in [3.05, 3.63) is 11.8 Å². The van der Waals surface area contributed by atoms with E-state index in [1.807, 2.05) is 13.0 Å². The van der Waals surface area contributed by atoms with Crippen molar-refractivity contribution in [3.8, 4) is 0 Å². The third kappa shape index (κ3) is 6.15. The maximum absolute atomic E-state index is 11.2. The first-order valence-electron chi connectivity index (χ1n) is 5.28. The molecule has 0 saturated carbocycles. The van der Waals surface area contributed by atoms with Crippen LogP contribution in [0.4, 0.5) is 0 Å². The Hall–Kier alpha value is -0.990. The fourth-order valence-corrected chi connectivity index (χ4v) is 1.29. The third-order valence-electron chi connectivity index (χ3n) is 2.63. The van der Waals surface area contributed by atoms with E-state index in [1.54, 1.807) is 7.11 Å². The fraction of sp³-hybridized carbons (Fsp3) is 0.750. The largest absolute Gasteiger partial charge is 0.502 e. The van der Waals surface area contributed by atoms with Crippen LogP contribution in [-0.4, -0.2) is 20.2 Å². The van der Waals surface area contributed by atoms with Gasteiger partial charge in [0.15, 0.2) is 0 Å². The van der Waals surface area contributed by atoms with E-state index in [-0.39, 0.29) is 5.97 Å². The van der Waals surface area contributed by atoms with E-state index >= 15 is 0 Å². The maximum atomic E-state index is 11.2. The van der Waals surface area contributed by atoms with Crippen molar-refractivity contribution in [2.24, 2.45) is 11.8 Å². The Morgan fingerprint density at radius 2 is 1.87 bits per heavy atom. The lowest BCUT2D eigenvalue weighted by Gasteiger charge is -2.17. The van der Waals surface area contributed by atoms with E-state index in [4.69, 9.17) is 4.74 Å². The lowest BCUT2D eigenvalue weighted by atomic mass is 9.89. The molecular weight excluding hydrogens is 192 g/mol. The summed E-state index contributed by atoms with van der Waals surface area (Å²) in [5.41, 5.74) is 0. The average molecular weight is 214 g/mol. The zero-order valence-corrected chi connectivity index (χ0v) is 10.4. The minimum atomic E-state index is -0.142. The van der Waals surface area contributed by atoms with Crippen LogP contribution in [0.15, 0.2) is 11.8 Å². The van der Waals surface area contributed by atoms with Crippen LogP contribution in [0.3, 0.4) is 0 Å². The summed E-state index contributed by atoms with van der Waals surface area (Å²) in [5.74, 6) is 1.54. The molecule has 0 aliphatic rings. The Labute approximate surface area is 92.5 Å². The topological polar surface area (TPSA) is 35.5 Å². The number of esters is 1. The Morgan fingerprint density at radius 3 is 2.27 bits per heavy atom. The predicted molar refractivity (Wildman–Crippen MR) is 60.3 cm³/mol. The number of carbonyl (C=O) groups is 1. The molecule has 0 aliphatic carbocycles. The molecule has 1 atom stereocenters. The summed E-state index contributed by atoms with van der Waals surface area (Å²) in [6.07, 6.45) is 3.35. The van der Waals surface area contributed by atoms with Crippen molar-refractivity contribution in [1.29, 1.82) is 0 Å². The number of ether oxygens (including phenoxy) is 2. The molecule has 0 aliphatic heterocycles. The number of hydrogen-bond acceptors (Lipinski definition) is 3. The molecular formula is C12H22O3. The average Bonchev–Trinajstić information content (AvgIpc) is 2.22. The van der Waals surface area contributed by atoms with Crippen LogP contribution < -0.4 is 0 Å². The first-order chi connectivity index (χ1) is 7.01. The van der Waals surface area contributed by atoms with Gasteiger partial charge in [-0.05, 0) is 31.3 Å². The SMILES string of the molecule is COC(=O)C[C@H](CC=C(C)OC)C(C)C. The Balaban J connectivity index is 4.23. The molecule has 0 N–H and O–H groups in total. The van der Waals surface area contributed by atoms with Gasteiger partial charge in [0, 0.05) is 6.42 Å². The second-order valence-corrected chi connectivity index (χ2v) is 4.04. The van der Waals surface area contributed by atoms with Crippen molar-refractivity contribution in [1.82, 2.24) is 0 Å². The molecule has 0 fully saturated rings. The molecule has 0 radical (unpaired) electrons. The van der Waals surface area contributed by atoms with Gasteiger partial charge < -0.3 is 9.47 Å². The van der Waals surface area contributed by atoms with Crippen LogP contribution in [0.5, 0.6) is 0 Å². The second kappa shape index (κ2) is 7.32. The number of allylic oxidation sites excluding steroid dienone is 2. The molecule has 0 amide bonds. The molecule has 0 spiro atoms. The summed E-state index contributed by atoms with van der Waals surface area (Å²) in [7, 11) is 3.08. The lowest BCUT2D eigenvalue weighted by molar-refractivity contribution is -0.142. The Morgan fingerprint density at radius 1 is 1.27 bits per heavy atom. The van der Waals surface area contributed by atoms with Crippen LogP contribution in [0, 0.1) is 11.8 Å². The normalized spacial score (nSPS) is 13.9. The molecule has 0 rings (SSSR count). The number of methoxy groups -OCH3 is 2. The summed E-state index contributed by atoms with van der Waals surface area (Å²) in [6.45, 7) is 6.14. The Kier molecular flexibility index (Phi) is 6.84. The molecule has 0 bridgehead atoms. The minimum absolute atomic E-state index is 0.142. The van der Waals surface area contributed by atoms with Crippen molar-refractivity contribution in [2.45, 2.75) is 33.6 Å². The molecule has 88 valence electrons. The van der Waals surface area contributed by atoms with Gasteiger partial charge in [-0.2, -0.15) is 0 Å². The van der Waals surface area contributed by atoms with E-state index in [0.717, 1.165) is 12.2 Å². The van der Waals surface area contributed by atoms with Crippen LogP contribution in [0.1, 0.15) is 33.6 Å². The van der Waals surface area contributed by atoms with E-state index in [0.29, 0.717) is 18.3 Å². The summed E-state index contributed by atoms with van der Waals surface area (Å²) in [6, 6.07) is 0. The van der Waals surface area contributed by atoms with Gasteiger partial charge in [-0.25, -0.2) is 0 Å². The van der Waals surface area contributed by atoms with Crippen molar-refractivity contribution in [3.63, 3.8) is 0 Å². The highest BCUT2D eigenvalue weighted by atomic mass is 16.5. The predicted octanol–water partition coefficient (Wildman–Crippen LogP) is 2.76. The first kappa shape index (κ1) is 14.0. The van der Waals surface area contributed by atoms with Crippen LogP contribution in [0.25, 0.3) is 0 Å². The second-order valence-electron chi connectivity index (χ2n) is 4.04. The first-order valence-corrected chi connectivity index (χ1v) is 5.28. The van der Waals surface area contributed by atoms with E-state index < -0.39 is 0 Å². The molecule has 0 unspecified atom stereocenters. The van der Waals surface area contributed by atoms with Crippen LogP contribution in [-0.2, 0) is 14.3 Å². The van der Waals surface area contributed by atoms with Gasteiger partial charge in [-0.15, -0.1) is 0 Å². The molecule has 15 heavy (non-hydrogen) atoms. The third-order valence-corrected chi connectivity index (χ3v) is 2.63. The molecule has 0 aromatic carbocycles. The van der Waals surface area contributed by atoms with Crippen LogP contribution >= 0.6 is 0 Å². The Bertz CT molecular complexity index is 219. The summed E-state index contributed by atoms with van der Waals surface area (Å²) in [4.78, 5) is 11.2. The van der Waals surface area contributed by atoms with Crippen molar-refractivity contribution < 1.29 is 14.3 Å². The van der Waals surface area contributed by atoms with E-state index in [9.17, 15) is 4.79 Å². The standard InChI is InChI=1S/C12H22O3/c1-9(2)11(8-12(13)15-5)7-6-10(3)14-4/h6,9,11H,7-8H2,1-5H3/t11-/m0/s1. The smallest absolute Gasteiger partial charge is 0.305 e. The van der Waals surface area contributed by atoms with E-state index in [1.165, 1.54) is 7.11 Å². The van der Waals surface area contributed by atoms with Gasteiger partial charge >= 0.3 is 5.97 Å². The molecule has 0 heterocycles. The molecule has 0 aromatic rings. The van der Waals surface area contributed by atoms with Gasteiger partial charge in [0.1, 0.15) is 0 Å². The van der Waals surface area contributed by atoms with Crippen molar-refractivity contribution >= 4 is 5.97 Å². The van der Waals surface area contributed by atoms with Gasteiger partial charge in [0.05, 0.1) is 20.0 Å². The van der Waals surface area contributed by atoms with Gasteiger partial charge in [-0.3, -0.25) is 4.79 Å². The zero-order chi connectivity index (χ0) is 11.8.